The number of para-hydroxylation sites is 1. The molecule has 2 heteroatoms. The van der Waals surface area contributed by atoms with E-state index < -0.39 is 0 Å². The van der Waals surface area contributed by atoms with Gasteiger partial charge in [0, 0.05) is 27.7 Å². The first-order valence-electron chi connectivity index (χ1n) is 18.0. The third-order valence-corrected chi connectivity index (χ3v) is 8.99. The molecule has 0 saturated heterocycles. The third-order valence-electron chi connectivity index (χ3n) is 8.99. The second kappa shape index (κ2) is 11.8. The third kappa shape index (κ3) is 4.92. The smallest absolute Gasteiger partial charge is 0.136 e. The lowest BCUT2D eigenvalue weighted by molar-refractivity contribution is 0.669. The van der Waals surface area contributed by atoms with Gasteiger partial charge in [0.25, 0.3) is 0 Å². The number of benzene rings is 8. The highest BCUT2D eigenvalue weighted by Gasteiger charge is 2.20. The van der Waals surface area contributed by atoms with Crippen LogP contribution in [-0.2, 0) is 0 Å². The monoisotopic (exact) mass is 617 g/mol. The fraction of sp³-hybridized carbons (Fsp3) is 0. The SMILES string of the molecule is [2H]c1c([2H])c([2H])c(N(c2ccc(-c3ccccc3)cc2)c2ccc(-c3ccccc3)cc2)c(-c2cccc3oc4cc5ccccc5cc4c23)c1[2H]. The van der Waals surface area contributed by atoms with E-state index in [1.165, 1.54) is 0 Å². The summed E-state index contributed by atoms with van der Waals surface area (Å²) in [6, 6.07) is 53.7. The Hall–Kier alpha value is -6.38. The molecule has 0 fully saturated rings. The minimum absolute atomic E-state index is 0.120. The summed E-state index contributed by atoms with van der Waals surface area (Å²) < 4.78 is 43.1. The lowest BCUT2D eigenvalue weighted by Gasteiger charge is -2.28. The highest BCUT2D eigenvalue weighted by atomic mass is 16.3. The van der Waals surface area contributed by atoms with Crippen LogP contribution >= 0.6 is 0 Å². The highest BCUT2D eigenvalue weighted by molar-refractivity contribution is 6.16. The molecule has 0 saturated carbocycles. The van der Waals surface area contributed by atoms with E-state index in [0.717, 1.165) is 55.2 Å². The van der Waals surface area contributed by atoms with Crippen molar-refractivity contribution in [3.63, 3.8) is 0 Å². The Balaban J connectivity index is 1.32. The molecule has 0 aliphatic carbocycles. The van der Waals surface area contributed by atoms with Crippen molar-refractivity contribution < 1.29 is 9.90 Å². The Bertz CT molecular complexity index is 2680. The van der Waals surface area contributed by atoms with Crippen molar-refractivity contribution in [3.05, 3.63) is 188 Å². The molecule has 0 amide bonds. The summed E-state index contributed by atoms with van der Waals surface area (Å²) >= 11 is 0. The highest BCUT2D eigenvalue weighted by Crippen LogP contribution is 2.45. The molecule has 0 bridgehead atoms. The first-order valence-corrected chi connectivity index (χ1v) is 16.0. The van der Waals surface area contributed by atoms with Crippen molar-refractivity contribution in [1.82, 2.24) is 0 Å². The molecule has 0 N–H and O–H groups in total. The molecule has 0 unspecified atom stereocenters. The van der Waals surface area contributed by atoms with Gasteiger partial charge in [0.1, 0.15) is 11.2 Å². The van der Waals surface area contributed by atoms with Gasteiger partial charge in [-0.1, -0.05) is 139 Å². The molecule has 2 nitrogen and oxygen atoms in total. The van der Waals surface area contributed by atoms with Gasteiger partial charge in [-0.3, -0.25) is 0 Å². The second-order valence-corrected chi connectivity index (χ2v) is 11.9. The van der Waals surface area contributed by atoms with Gasteiger partial charge in [0.05, 0.1) is 11.2 Å². The van der Waals surface area contributed by atoms with Crippen LogP contribution in [-0.4, -0.2) is 0 Å². The lowest BCUT2D eigenvalue weighted by Crippen LogP contribution is -2.11. The maximum Gasteiger partial charge on any atom is 0.136 e. The summed E-state index contributed by atoms with van der Waals surface area (Å²) in [4.78, 5) is 1.95. The average Bonchev–Trinajstić information content (AvgIpc) is 3.57. The maximum atomic E-state index is 9.49. The van der Waals surface area contributed by atoms with Crippen molar-refractivity contribution in [2.75, 3.05) is 4.90 Å². The molecular weight excluding hydrogens is 583 g/mol. The van der Waals surface area contributed by atoms with E-state index in [1.54, 1.807) is 0 Å². The first-order chi connectivity index (χ1) is 25.5. The predicted octanol–water partition coefficient (Wildman–Crippen LogP) is 13.2. The minimum Gasteiger partial charge on any atom is -0.456 e. The largest absolute Gasteiger partial charge is 0.456 e. The van der Waals surface area contributed by atoms with Gasteiger partial charge in [0.2, 0.25) is 0 Å². The summed E-state index contributed by atoms with van der Waals surface area (Å²) in [5, 5.41) is 3.80. The predicted molar refractivity (Wildman–Crippen MR) is 202 cm³/mol. The van der Waals surface area contributed by atoms with E-state index >= 15 is 0 Å². The molecule has 9 rings (SSSR count). The Morgan fingerprint density at radius 1 is 0.438 bits per heavy atom. The van der Waals surface area contributed by atoms with Crippen molar-refractivity contribution >= 4 is 49.8 Å². The van der Waals surface area contributed by atoms with E-state index in [0.29, 0.717) is 28.0 Å². The molecule has 0 spiro atoms. The quantitative estimate of drug-likeness (QED) is 0.185. The zero-order valence-corrected chi connectivity index (χ0v) is 25.9. The standard InChI is InChI=1S/C46H31NO/c1-3-12-32(13-4-1)34-22-26-38(27-23-34)47(39-28-24-35(25-29-39)33-14-5-2-6-15-33)43-20-10-9-18-40(43)41-19-11-21-44-46(41)42-30-36-16-7-8-17-37(36)31-45(42)48-44/h1-31H/i9D,10D,18D,20D. The number of hydrogen-bond acceptors (Lipinski definition) is 2. The van der Waals surface area contributed by atoms with Crippen LogP contribution in [0.2, 0.25) is 0 Å². The van der Waals surface area contributed by atoms with Gasteiger partial charge in [-0.05, 0) is 87.1 Å². The van der Waals surface area contributed by atoms with Crippen molar-refractivity contribution in [1.29, 1.82) is 0 Å². The molecule has 1 aromatic heterocycles. The van der Waals surface area contributed by atoms with E-state index in [4.69, 9.17) is 7.16 Å². The maximum absolute atomic E-state index is 9.49. The summed E-state index contributed by atoms with van der Waals surface area (Å²) in [6.45, 7) is 0. The second-order valence-electron chi connectivity index (χ2n) is 11.9. The summed E-state index contributed by atoms with van der Waals surface area (Å²) in [5.74, 6) is 0. The molecular formula is C46H31NO. The van der Waals surface area contributed by atoms with Gasteiger partial charge in [-0.2, -0.15) is 0 Å². The Morgan fingerprint density at radius 3 is 1.60 bits per heavy atom. The first kappa shape index (κ1) is 23.9. The minimum atomic E-state index is -0.300. The molecule has 0 aliphatic heterocycles. The Morgan fingerprint density at radius 2 is 0.979 bits per heavy atom. The molecule has 9 aromatic rings. The summed E-state index contributed by atoms with van der Waals surface area (Å²) in [6.07, 6.45) is 0. The van der Waals surface area contributed by atoms with Crippen LogP contribution in [0.15, 0.2) is 192 Å². The Kier molecular flexibility index (Phi) is 5.85. The number of hydrogen-bond donors (Lipinski definition) is 0. The van der Waals surface area contributed by atoms with E-state index in [9.17, 15) is 2.74 Å². The van der Waals surface area contributed by atoms with E-state index in [-0.39, 0.29) is 24.2 Å². The van der Waals surface area contributed by atoms with Gasteiger partial charge < -0.3 is 9.32 Å². The van der Waals surface area contributed by atoms with Gasteiger partial charge in [0.15, 0.2) is 0 Å². The molecule has 0 atom stereocenters. The number of furan rings is 1. The normalized spacial score (nSPS) is 12.5. The number of fused-ring (bicyclic) bond motifs is 4. The van der Waals surface area contributed by atoms with Gasteiger partial charge in [-0.25, -0.2) is 0 Å². The van der Waals surface area contributed by atoms with Crippen LogP contribution in [0.1, 0.15) is 5.48 Å². The van der Waals surface area contributed by atoms with Crippen LogP contribution in [0, 0.1) is 0 Å². The van der Waals surface area contributed by atoms with Crippen molar-refractivity contribution in [2.45, 2.75) is 0 Å². The van der Waals surface area contributed by atoms with Crippen LogP contribution in [0.4, 0.5) is 17.1 Å². The summed E-state index contributed by atoms with van der Waals surface area (Å²) in [5.41, 5.74) is 8.55. The van der Waals surface area contributed by atoms with Crippen LogP contribution in [0.25, 0.3) is 66.1 Å². The molecule has 0 aliphatic rings. The topological polar surface area (TPSA) is 16.4 Å². The zero-order valence-electron chi connectivity index (χ0n) is 29.9. The van der Waals surface area contributed by atoms with Gasteiger partial charge >= 0.3 is 0 Å². The van der Waals surface area contributed by atoms with E-state index in [1.807, 2.05) is 102 Å². The fourth-order valence-electron chi connectivity index (χ4n) is 6.66. The molecule has 0 radical (unpaired) electrons. The molecule has 1 heterocycles. The van der Waals surface area contributed by atoms with Crippen molar-refractivity contribution in [3.8, 4) is 33.4 Å². The zero-order chi connectivity index (χ0) is 35.3. The fourth-order valence-corrected chi connectivity index (χ4v) is 6.66. The number of rotatable bonds is 6. The van der Waals surface area contributed by atoms with Crippen LogP contribution in [0.5, 0.6) is 0 Å². The Labute approximate surface area is 285 Å². The average molecular weight is 618 g/mol. The number of nitrogens with zero attached hydrogens (tertiary/aromatic N) is 1. The van der Waals surface area contributed by atoms with Crippen LogP contribution < -0.4 is 4.90 Å². The molecule has 8 aromatic carbocycles. The number of anilines is 3. The molecule has 48 heavy (non-hydrogen) atoms. The van der Waals surface area contributed by atoms with E-state index in [2.05, 4.69) is 66.7 Å². The lowest BCUT2D eigenvalue weighted by atomic mass is 9.96. The molecule has 226 valence electrons. The van der Waals surface area contributed by atoms with Crippen LogP contribution in [0.3, 0.4) is 0 Å². The van der Waals surface area contributed by atoms with Gasteiger partial charge in [-0.15, -0.1) is 0 Å². The van der Waals surface area contributed by atoms with Crippen molar-refractivity contribution in [2.24, 2.45) is 0 Å². The summed E-state index contributed by atoms with van der Waals surface area (Å²) in [7, 11) is 0.